The molecule has 0 amide bonds. The topological polar surface area (TPSA) is 39.2 Å². The molecule has 0 aliphatic rings. The summed E-state index contributed by atoms with van der Waals surface area (Å²) in [6.45, 7) is 4.07. The predicted molar refractivity (Wildman–Crippen MR) is 62.9 cm³/mol. The van der Waals surface area contributed by atoms with E-state index in [0.29, 0.717) is 17.9 Å². The molecule has 16 heavy (non-hydrogen) atoms. The van der Waals surface area contributed by atoms with Gasteiger partial charge in [0.25, 0.3) is 0 Å². The molecule has 82 valence electrons. The van der Waals surface area contributed by atoms with Crippen LogP contribution in [0.1, 0.15) is 24.2 Å². The summed E-state index contributed by atoms with van der Waals surface area (Å²) in [6, 6.07) is 7.40. The van der Waals surface area contributed by atoms with Crippen molar-refractivity contribution in [3.05, 3.63) is 36.0 Å². The van der Waals surface area contributed by atoms with Crippen molar-refractivity contribution < 1.29 is 9.53 Å². The number of aromatic nitrogens is 1. The fraction of sp³-hybridized carbons (Fsp3) is 0.231. The molecule has 0 bridgehead atoms. The molecule has 0 N–H and O–H groups in total. The highest BCUT2D eigenvalue weighted by Crippen LogP contribution is 2.22. The molecule has 0 saturated carbocycles. The second-order valence-electron chi connectivity index (χ2n) is 3.53. The number of ketones is 1. The zero-order valence-corrected chi connectivity index (χ0v) is 9.36. The third-order valence-corrected chi connectivity index (χ3v) is 2.39. The van der Waals surface area contributed by atoms with Crippen molar-refractivity contribution in [2.75, 3.05) is 6.61 Å². The van der Waals surface area contributed by atoms with Gasteiger partial charge < -0.3 is 4.74 Å². The van der Waals surface area contributed by atoms with Crippen LogP contribution in [-0.4, -0.2) is 17.4 Å². The quantitative estimate of drug-likeness (QED) is 0.739. The van der Waals surface area contributed by atoms with Crippen LogP contribution in [0, 0.1) is 0 Å². The molecule has 0 unspecified atom stereocenters. The lowest BCUT2D eigenvalue weighted by Gasteiger charge is -2.06. The molecular weight excluding hydrogens is 202 g/mol. The minimum absolute atomic E-state index is 0.0426. The van der Waals surface area contributed by atoms with Gasteiger partial charge in [0.2, 0.25) is 0 Å². The zero-order valence-electron chi connectivity index (χ0n) is 9.36. The van der Waals surface area contributed by atoms with Crippen molar-refractivity contribution in [2.45, 2.75) is 13.8 Å². The Kier molecular flexibility index (Phi) is 2.86. The van der Waals surface area contributed by atoms with Gasteiger partial charge in [0.1, 0.15) is 5.75 Å². The first-order valence-corrected chi connectivity index (χ1v) is 5.25. The van der Waals surface area contributed by atoms with E-state index in [-0.39, 0.29) is 5.78 Å². The molecule has 1 heterocycles. The summed E-state index contributed by atoms with van der Waals surface area (Å²) in [5.41, 5.74) is 1.50. The minimum Gasteiger partial charge on any atom is -0.492 e. The van der Waals surface area contributed by atoms with Crippen LogP contribution in [-0.2, 0) is 0 Å². The van der Waals surface area contributed by atoms with E-state index in [4.69, 9.17) is 4.74 Å². The molecule has 1 aromatic carbocycles. The van der Waals surface area contributed by atoms with Crippen LogP contribution in [0.25, 0.3) is 10.9 Å². The maximum atomic E-state index is 11.5. The molecule has 0 saturated heterocycles. The second-order valence-corrected chi connectivity index (χ2v) is 3.53. The van der Waals surface area contributed by atoms with E-state index in [2.05, 4.69) is 4.98 Å². The summed E-state index contributed by atoms with van der Waals surface area (Å²) in [4.78, 5) is 15.7. The maximum absolute atomic E-state index is 11.5. The van der Waals surface area contributed by atoms with Crippen molar-refractivity contribution in [1.29, 1.82) is 0 Å². The lowest BCUT2D eigenvalue weighted by Crippen LogP contribution is -1.96. The Bertz CT molecular complexity index is 534. The van der Waals surface area contributed by atoms with Crippen LogP contribution < -0.4 is 4.74 Å². The number of benzene rings is 1. The van der Waals surface area contributed by atoms with E-state index in [1.807, 2.05) is 31.2 Å². The van der Waals surface area contributed by atoms with E-state index in [1.54, 1.807) is 13.1 Å². The number of pyridine rings is 1. The Hall–Kier alpha value is -1.90. The summed E-state index contributed by atoms with van der Waals surface area (Å²) in [6.07, 6.45) is 1.68. The number of rotatable bonds is 3. The number of hydrogen-bond donors (Lipinski definition) is 0. The molecule has 0 fully saturated rings. The number of carbonyl (C=O) groups is 1. The largest absolute Gasteiger partial charge is 0.492 e. The van der Waals surface area contributed by atoms with Crippen LogP contribution in [0.3, 0.4) is 0 Å². The van der Waals surface area contributed by atoms with Crippen LogP contribution in [0.5, 0.6) is 5.75 Å². The smallest absolute Gasteiger partial charge is 0.160 e. The Balaban J connectivity index is 2.63. The molecule has 0 spiro atoms. The minimum atomic E-state index is 0.0426. The van der Waals surface area contributed by atoms with Gasteiger partial charge in [0, 0.05) is 10.9 Å². The fourth-order valence-corrected chi connectivity index (χ4v) is 1.68. The van der Waals surface area contributed by atoms with Crippen molar-refractivity contribution in [3.63, 3.8) is 0 Å². The van der Waals surface area contributed by atoms with E-state index < -0.39 is 0 Å². The van der Waals surface area contributed by atoms with E-state index in [1.165, 1.54) is 0 Å². The molecule has 2 rings (SSSR count). The van der Waals surface area contributed by atoms with E-state index in [0.717, 1.165) is 10.9 Å². The van der Waals surface area contributed by atoms with Gasteiger partial charge in [-0.05, 0) is 26.0 Å². The van der Waals surface area contributed by atoms with Gasteiger partial charge in [-0.15, -0.1) is 0 Å². The molecule has 1 aromatic heterocycles. The Labute approximate surface area is 94.1 Å². The first kappa shape index (κ1) is 10.6. The van der Waals surface area contributed by atoms with Crippen molar-refractivity contribution in [2.24, 2.45) is 0 Å². The average molecular weight is 215 g/mol. The third-order valence-electron chi connectivity index (χ3n) is 2.39. The van der Waals surface area contributed by atoms with Crippen LogP contribution in [0.4, 0.5) is 0 Å². The highest BCUT2D eigenvalue weighted by molar-refractivity contribution is 6.06. The van der Waals surface area contributed by atoms with Gasteiger partial charge in [-0.1, -0.05) is 12.1 Å². The van der Waals surface area contributed by atoms with Gasteiger partial charge in [-0.3, -0.25) is 9.78 Å². The van der Waals surface area contributed by atoms with Crippen LogP contribution in [0.15, 0.2) is 30.5 Å². The molecule has 0 aliphatic carbocycles. The highest BCUT2D eigenvalue weighted by Gasteiger charge is 2.07. The number of Topliss-reactive ketones (excluding diaryl/α,β-unsaturated/α-hetero) is 1. The first-order valence-electron chi connectivity index (χ1n) is 5.25. The number of carbonyl (C=O) groups excluding carboxylic acids is 1. The molecular formula is C13H13NO2. The molecule has 0 atom stereocenters. The molecule has 2 aromatic rings. The van der Waals surface area contributed by atoms with E-state index in [9.17, 15) is 4.79 Å². The molecule has 3 heteroatoms. The van der Waals surface area contributed by atoms with Gasteiger partial charge >= 0.3 is 0 Å². The number of hydrogen-bond acceptors (Lipinski definition) is 3. The Morgan fingerprint density at radius 1 is 1.44 bits per heavy atom. The standard InChI is InChI=1S/C13H13NO2/c1-3-16-10-7-12-11(9(2)15)5-4-6-13(12)14-8-10/h4-8H,3H2,1-2H3. The van der Waals surface area contributed by atoms with E-state index >= 15 is 0 Å². The van der Waals surface area contributed by atoms with Gasteiger partial charge in [-0.2, -0.15) is 0 Å². The maximum Gasteiger partial charge on any atom is 0.160 e. The molecule has 0 radical (unpaired) electrons. The fourth-order valence-electron chi connectivity index (χ4n) is 1.68. The summed E-state index contributed by atoms with van der Waals surface area (Å²) in [5.74, 6) is 0.741. The molecule has 0 aliphatic heterocycles. The predicted octanol–water partition coefficient (Wildman–Crippen LogP) is 2.84. The number of fused-ring (bicyclic) bond motifs is 1. The summed E-state index contributed by atoms with van der Waals surface area (Å²) >= 11 is 0. The lowest BCUT2D eigenvalue weighted by atomic mass is 10.1. The van der Waals surface area contributed by atoms with Crippen molar-refractivity contribution in [3.8, 4) is 5.75 Å². The Morgan fingerprint density at radius 2 is 2.25 bits per heavy atom. The third kappa shape index (κ3) is 1.89. The summed E-state index contributed by atoms with van der Waals surface area (Å²) in [5, 5.41) is 0.848. The number of ether oxygens (including phenoxy) is 1. The zero-order chi connectivity index (χ0) is 11.5. The lowest BCUT2D eigenvalue weighted by molar-refractivity contribution is 0.101. The Morgan fingerprint density at radius 3 is 2.94 bits per heavy atom. The van der Waals surface area contributed by atoms with Gasteiger partial charge in [-0.25, -0.2) is 0 Å². The summed E-state index contributed by atoms with van der Waals surface area (Å²) < 4.78 is 5.37. The van der Waals surface area contributed by atoms with Gasteiger partial charge in [0.15, 0.2) is 5.78 Å². The van der Waals surface area contributed by atoms with Gasteiger partial charge in [0.05, 0.1) is 18.3 Å². The summed E-state index contributed by atoms with van der Waals surface area (Å²) in [7, 11) is 0. The van der Waals surface area contributed by atoms with Crippen molar-refractivity contribution in [1.82, 2.24) is 4.98 Å². The van der Waals surface area contributed by atoms with Crippen LogP contribution >= 0.6 is 0 Å². The SMILES string of the molecule is CCOc1cnc2cccc(C(C)=O)c2c1. The highest BCUT2D eigenvalue weighted by atomic mass is 16.5. The first-order chi connectivity index (χ1) is 7.72. The average Bonchev–Trinajstić information content (AvgIpc) is 2.28. The second kappa shape index (κ2) is 4.31. The molecule has 3 nitrogen and oxygen atoms in total. The van der Waals surface area contributed by atoms with Crippen molar-refractivity contribution >= 4 is 16.7 Å². The monoisotopic (exact) mass is 215 g/mol. The van der Waals surface area contributed by atoms with Crippen LogP contribution in [0.2, 0.25) is 0 Å². The normalized spacial score (nSPS) is 10.4. The number of nitrogens with zero attached hydrogens (tertiary/aromatic N) is 1.